The number of methoxy groups -OCH3 is 1. The number of anilines is 1. The molecule has 4 N–H and O–H groups in total. The Morgan fingerprint density at radius 2 is 2.18 bits per heavy atom. The Hall–Kier alpha value is -4.20. The first-order valence-corrected chi connectivity index (χ1v) is 10.2. The number of nitrogens with one attached hydrogen (secondary N) is 3. The molecule has 1 aromatic carbocycles. The fourth-order valence-electron chi connectivity index (χ4n) is 3.52. The maximum Gasteiger partial charge on any atom is 0.408 e. The van der Waals surface area contributed by atoms with Crippen molar-refractivity contribution in [1.29, 1.82) is 0 Å². The average molecular weight is 456 g/mol. The molecule has 11 nitrogen and oxygen atoms in total. The van der Waals surface area contributed by atoms with Crippen LogP contribution in [0.25, 0.3) is 0 Å². The lowest BCUT2D eigenvalue weighted by Gasteiger charge is -2.12. The third-order valence-corrected chi connectivity index (χ3v) is 5.10. The number of benzene rings is 1. The molecule has 0 spiro atoms. The van der Waals surface area contributed by atoms with Crippen molar-refractivity contribution in [1.82, 2.24) is 15.5 Å². The summed E-state index contributed by atoms with van der Waals surface area (Å²) < 4.78 is 15.7. The Bertz CT molecular complexity index is 1060. The highest BCUT2D eigenvalue weighted by atomic mass is 16.6. The topological polar surface area (TPSA) is 152 Å². The number of terminal acetylenes is 1. The van der Waals surface area contributed by atoms with Crippen LogP contribution in [0.5, 0.6) is 17.2 Å². The van der Waals surface area contributed by atoms with Gasteiger partial charge < -0.3 is 30.0 Å². The largest absolute Gasteiger partial charge is 0.507 e. The van der Waals surface area contributed by atoms with Gasteiger partial charge in [0.05, 0.1) is 19.2 Å². The molecule has 0 bridgehead atoms. The summed E-state index contributed by atoms with van der Waals surface area (Å²) in [6.45, 7) is -0.306. The van der Waals surface area contributed by atoms with Gasteiger partial charge in [-0.15, -0.1) is 6.42 Å². The number of aldehydes is 1. The van der Waals surface area contributed by atoms with Gasteiger partial charge in [-0.2, -0.15) is 5.10 Å². The number of carbonyl (C=O) groups is 3. The quantitative estimate of drug-likeness (QED) is 0.330. The molecule has 33 heavy (non-hydrogen) atoms. The Labute approximate surface area is 189 Å². The van der Waals surface area contributed by atoms with Gasteiger partial charge in [0.15, 0.2) is 18.7 Å². The number of ether oxygens (including phenoxy) is 3. The molecule has 1 aliphatic carbocycles. The van der Waals surface area contributed by atoms with E-state index in [1.807, 2.05) is 0 Å². The number of alkyl carbamates (subject to hydrolysis) is 1. The molecule has 2 aromatic rings. The predicted octanol–water partition coefficient (Wildman–Crippen LogP) is 1.95. The van der Waals surface area contributed by atoms with Crippen LogP contribution in [0.1, 0.15) is 41.2 Å². The monoisotopic (exact) mass is 456 g/mol. The Kier molecular flexibility index (Phi) is 7.75. The van der Waals surface area contributed by atoms with Crippen molar-refractivity contribution in [2.24, 2.45) is 0 Å². The van der Waals surface area contributed by atoms with Gasteiger partial charge in [-0.25, -0.2) is 4.79 Å². The van der Waals surface area contributed by atoms with Crippen LogP contribution in [0.4, 0.5) is 10.6 Å². The van der Waals surface area contributed by atoms with E-state index in [1.165, 1.54) is 19.2 Å². The Morgan fingerprint density at radius 3 is 2.91 bits per heavy atom. The molecule has 2 atom stereocenters. The zero-order valence-corrected chi connectivity index (χ0v) is 17.9. The first-order chi connectivity index (χ1) is 15.9. The molecule has 11 heteroatoms. The number of aromatic amines is 1. The number of amides is 2. The number of H-pyrrole nitrogens is 1. The van der Waals surface area contributed by atoms with Crippen molar-refractivity contribution in [3.63, 3.8) is 0 Å². The van der Waals surface area contributed by atoms with Gasteiger partial charge in [-0.05, 0) is 19.3 Å². The van der Waals surface area contributed by atoms with Crippen LogP contribution >= 0.6 is 0 Å². The summed E-state index contributed by atoms with van der Waals surface area (Å²) in [7, 11) is 1.40. The first kappa shape index (κ1) is 23.5. The number of rotatable bonds is 9. The molecule has 3 rings (SSSR count). The number of hydrogen-bond acceptors (Lipinski definition) is 8. The molecule has 2 amide bonds. The second kappa shape index (κ2) is 10.9. The van der Waals surface area contributed by atoms with Gasteiger partial charge in [-0.1, -0.05) is 5.92 Å². The van der Waals surface area contributed by atoms with Crippen molar-refractivity contribution in [2.75, 3.05) is 25.6 Å². The lowest BCUT2D eigenvalue weighted by Crippen LogP contribution is -2.28. The van der Waals surface area contributed by atoms with Crippen LogP contribution < -0.4 is 20.1 Å². The van der Waals surface area contributed by atoms with Gasteiger partial charge >= 0.3 is 6.09 Å². The SMILES string of the molecule is C#CCNC(=O)O[C@@H]1CC[C@H](c2cc(NC(=O)COc3cc(OC)cc(O)c3C=O)n[nH]2)C1. The van der Waals surface area contributed by atoms with Crippen LogP contribution in [0, 0.1) is 12.3 Å². The minimum atomic E-state index is -0.543. The maximum atomic E-state index is 12.3. The molecular formula is C22H24N4O7. The molecule has 174 valence electrons. The minimum absolute atomic E-state index is 0.0167. The first-order valence-electron chi connectivity index (χ1n) is 10.2. The normalized spacial score (nSPS) is 17.0. The Balaban J connectivity index is 1.51. The molecule has 1 aliphatic rings. The van der Waals surface area contributed by atoms with Crippen LogP contribution in [0.15, 0.2) is 18.2 Å². The lowest BCUT2D eigenvalue weighted by atomic mass is 10.0. The molecule has 1 saturated carbocycles. The molecule has 0 saturated heterocycles. The van der Waals surface area contributed by atoms with Crippen molar-refractivity contribution in [2.45, 2.75) is 31.3 Å². The van der Waals surface area contributed by atoms with E-state index < -0.39 is 18.6 Å². The van der Waals surface area contributed by atoms with E-state index in [9.17, 15) is 19.5 Å². The highest BCUT2D eigenvalue weighted by Gasteiger charge is 2.30. The summed E-state index contributed by atoms with van der Waals surface area (Å²) in [5.74, 6) is 2.18. The molecular weight excluding hydrogens is 432 g/mol. The zero-order chi connectivity index (χ0) is 23.8. The van der Waals surface area contributed by atoms with E-state index in [-0.39, 0.29) is 41.4 Å². The summed E-state index contributed by atoms with van der Waals surface area (Å²) in [6, 6.07) is 4.37. The summed E-state index contributed by atoms with van der Waals surface area (Å²) in [6.07, 6.45) is 6.88. The summed E-state index contributed by atoms with van der Waals surface area (Å²) >= 11 is 0. The molecule has 1 fully saturated rings. The summed E-state index contributed by atoms with van der Waals surface area (Å²) in [5, 5.41) is 21.9. The van der Waals surface area contributed by atoms with E-state index in [0.29, 0.717) is 24.9 Å². The van der Waals surface area contributed by atoms with Gasteiger partial charge in [0.1, 0.15) is 23.4 Å². The number of hydrogen-bond donors (Lipinski definition) is 4. The van der Waals surface area contributed by atoms with Crippen molar-refractivity contribution >= 4 is 24.1 Å². The highest BCUT2D eigenvalue weighted by Crippen LogP contribution is 2.36. The van der Waals surface area contributed by atoms with Crippen molar-refractivity contribution in [3.05, 3.63) is 29.5 Å². The molecule has 0 unspecified atom stereocenters. The molecule has 1 aromatic heterocycles. The number of carbonyl (C=O) groups excluding carboxylic acids is 3. The van der Waals surface area contributed by atoms with Crippen LogP contribution in [-0.4, -0.2) is 60.0 Å². The van der Waals surface area contributed by atoms with E-state index >= 15 is 0 Å². The molecule has 1 heterocycles. The van der Waals surface area contributed by atoms with Gasteiger partial charge in [0, 0.05) is 29.8 Å². The van der Waals surface area contributed by atoms with E-state index in [4.69, 9.17) is 20.6 Å². The van der Waals surface area contributed by atoms with Gasteiger partial charge in [0.25, 0.3) is 5.91 Å². The van der Waals surface area contributed by atoms with Gasteiger partial charge in [-0.3, -0.25) is 14.7 Å². The zero-order valence-electron chi connectivity index (χ0n) is 17.9. The maximum absolute atomic E-state index is 12.3. The van der Waals surface area contributed by atoms with E-state index in [2.05, 4.69) is 26.8 Å². The van der Waals surface area contributed by atoms with E-state index in [0.717, 1.165) is 12.1 Å². The second-order valence-electron chi connectivity index (χ2n) is 7.32. The van der Waals surface area contributed by atoms with Gasteiger partial charge in [0.2, 0.25) is 0 Å². The fourth-order valence-corrected chi connectivity index (χ4v) is 3.52. The van der Waals surface area contributed by atoms with Crippen molar-refractivity contribution in [3.8, 4) is 29.6 Å². The molecule has 0 aliphatic heterocycles. The number of phenolic OH excluding ortho intramolecular Hbond substituents is 1. The number of aromatic nitrogens is 2. The van der Waals surface area contributed by atoms with E-state index in [1.54, 1.807) is 6.07 Å². The average Bonchev–Trinajstić information content (AvgIpc) is 3.45. The number of nitrogens with zero attached hydrogens (tertiary/aromatic N) is 1. The third kappa shape index (κ3) is 6.16. The third-order valence-electron chi connectivity index (χ3n) is 5.10. The molecule has 0 radical (unpaired) electrons. The number of phenols is 1. The smallest absolute Gasteiger partial charge is 0.408 e. The second-order valence-corrected chi connectivity index (χ2v) is 7.32. The fraction of sp³-hybridized carbons (Fsp3) is 0.364. The standard InChI is InChI=1S/C22H24N4O7/c1-3-6-23-22(30)33-14-5-4-13(7-14)17-10-20(26-25-17)24-21(29)12-32-19-9-15(31-2)8-18(28)16(19)11-27/h1,8-11,13-14,28H,4-7,12H2,2H3,(H,23,30)(H2,24,25,26,29)/t13-,14+/m0/s1. The highest BCUT2D eigenvalue weighted by molar-refractivity contribution is 5.91. The van der Waals surface area contributed by atoms with Crippen LogP contribution in [0.2, 0.25) is 0 Å². The van der Waals surface area contributed by atoms with Crippen molar-refractivity contribution < 1.29 is 33.7 Å². The minimum Gasteiger partial charge on any atom is -0.507 e. The van der Waals surface area contributed by atoms with Crippen LogP contribution in [0.3, 0.4) is 0 Å². The van der Waals surface area contributed by atoms with Crippen LogP contribution in [-0.2, 0) is 9.53 Å². The number of aromatic hydroxyl groups is 1. The summed E-state index contributed by atoms with van der Waals surface area (Å²) in [4.78, 5) is 35.1. The summed E-state index contributed by atoms with van der Waals surface area (Å²) in [5.41, 5.74) is 0.721. The Morgan fingerprint density at radius 1 is 1.36 bits per heavy atom. The predicted molar refractivity (Wildman–Crippen MR) is 116 cm³/mol. The lowest BCUT2D eigenvalue weighted by molar-refractivity contribution is -0.118.